The average molecular weight is 275 g/mol. The molecule has 1 aromatic rings. The number of para-hydroxylation sites is 1. The van der Waals surface area contributed by atoms with Gasteiger partial charge in [0.15, 0.2) is 0 Å². The van der Waals surface area contributed by atoms with Gasteiger partial charge in [0.1, 0.15) is 5.75 Å². The molecule has 2 nitrogen and oxygen atoms in total. The summed E-state index contributed by atoms with van der Waals surface area (Å²) in [5.41, 5.74) is 1.33. The fourth-order valence-electron chi connectivity index (χ4n) is 2.86. The molecule has 0 bridgehead atoms. The largest absolute Gasteiger partial charge is 0.493 e. The van der Waals surface area contributed by atoms with Gasteiger partial charge in [0.25, 0.3) is 0 Å². The molecule has 0 fully saturated rings. The molecule has 2 rings (SSSR count). The van der Waals surface area contributed by atoms with Crippen LogP contribution in [-0.4, -0.2) is 13.2 Å². The molecule has 0 saturated carbocycles. The van der Waals surface area contributed by atoms with E-state index in [1.54, 1.807) is 0 Å². The van der Waals surface area contributed by atoms with E-state index in [0.717, 1.165) is 31.2 Å². The number of hydrogen-bond donors (Lipinski definition) is 1. The number of hydrogen-bond acceptors (Lipinski definition) is 2. The smallest absolute Gasteiger partial charge is 0.124 e. The van der Waals surface area contributed by atoms with Crippen LogP contribution in [-0.2, 0) is 0 Å². The first-order valence-electron chi connectivity index (χ1n) is 8.22. The van der Waals surface area contributed by atoms with Gasteiger partial charge in [-0.25, -0.2) is 0 Å². The Bertz CT molecular complexity index is 389. The molecule has 1 heterocycles. The lowest BCUT2D eigenvalue weighted by molar-refractivity contribution is 0.252. The van der Waals surface area contributed by atoms with Crippen LogP contribution in [0.3, 0.4) is 0 Å². The molecule has 1 atom stereocenters. The summed E-state index contributed by atoms with van der Waals surface area (Å²) in [6.45, 7) is 6.58. The van der Waals surface area contributed by atoms with Crippen LogP contribution in [0.4, 0.5) is 0 Å². The minimum atomic E-state index is 0.482. The molecule has 112 valence electrons. The predicted molar refractivity (Wildman–Crippen MR) is 85.2 cm³/mol. The minimum absolute atomic E-state index is 0.482. The summed E-state index contributed by atoms with van der Waals surface area (Å²) in [5, 5.41) is 3.70. The molecule has 0 saturated heterocycles. The van der Waals surface area contributed by atoms with Crippen molar-refractivity contribution in [3.63, 3.8) is 0 Å². The van der Waals surface area contributed by atoms with E-state index in [9.17, 15) is 0 Å². The van der Waals surface area contributed by atoms with E-state index in [0.29, 0.717) is 6.04 Å². The van der Waals surface area contributed by atoms with Crippen LogP contribution in [0, 0.1) is 5.92 Å². The molecule has 1 N–H and O–H groups in total. The second-order valence-corrected chi connectivity index (χ2v) is 6.28. The lowest BCUT2D eigenvalue weighted by atomic mass is 10.0. The lowest BCUT2D eigenvalue weighted by Crippen LogP contribution is -2.27. The summed E-state index contributed by atoms with van der Waals surface area (Å²) in [6, 6.07) is 8.91. The Kier molecular flexibility index (Phi) is 6.38. The van der Waals surface area contributed by atoms with Crippen LogP contribution in [0.2, 0.25) is 0 Å². The van der Waals surface area contributed by atoms with Crippen LogP contribution < -0.4 is 10.1 Å². The Labute approximate surface area is 123 Å². The van der Waals surface area contributed by atoms with E-state index in [4.69, 9.17) is 4.74 Å². The second-order valence-electron chi connectivity index (χ2n) is 6.28. The highest BCUT2D eigenvalue weighted by Crippen LogP contribution is 2.31. The Hall–Kier alpha value is -1.02. The van der Waals surface area contributed by atoms with Crippen LogP contribution in [0.1, 0.15) is 64.0 Å². The van der Waals surface area contributed by atoms with Crippen molar-refractivity contribution in [2.45, 2.75) is 58.4 Å². The van der Waals surface area contributed by atoms with Crippen molar-refractivity contribution < 1.29 is 4.74 Å². The van der Waals surface area contributed by atoms with Crippen molar-refractivity contribution >= 4 is 0 Å². The standard InChI is InChI=1S/C18H29NO/c1-15(2)9-5-3-4-8-13-19-17-12-14-20-18-11-7-6-10-16(17)18/h6-7,10-11,15,17,19H,3-5,8-9,12-14H2,1-2H3. The van der Waals surface area contributed by atoms with Crippen molar-refractivity contribution in [1.29, 1.82) is 0 Å². The van der Waals surface area contributed by atoms with E-state index in [-0.39, 0.29) is 0 Å². The van der Waals surface area contributed by atoms with Gasteiger partial charge >= 0.3 is 0 Å². The van der Waals surface area contributed by atoms with Gasteiger partial charge in [0, 0.05) is 18.0 Å². The SMILES string of the molecule is CC(C)CCCCCCNC1CCOc2ccccc21. The van der Waals surface area contributed by atoms with Crippen molar-refractivity contribution in [1.82, 2.24) is 5.32 Å². The first-order valence-corrected chi connectivity index (χ1v) is 8.22. The third kappa shape index (κ3) is 4.82. The summed E-state index contributed by atoms with van der Waals surface area (Å²) in [6.07, 6.45) is 7.87. The molecule has 0 aromatic heterocycles. The first-order chi connectivity index (χ1) is 9.77. The van der Waals surface area contributed by atoms with E-state index in [1.165, 1.54) is 37.7 Å². The van der Waals surface area contributed by atoms with Crippen LogP contribution >= 0.6 is 0 Å². The third-order valence-corrected chi connectivity index (χ3v) is 4.06. The lowest BCUT2D eigenvalue weighted by Gasteiger charge is -2.26. The molecule has 20 heavy (non-hydrogen) atoms. The molecule has 0 aliphatic carbocycles. The van der Waals surface area contributed by atoms with E-state index >= 15 is 0 Å². The van der Waals surface area contributed by atoms with Crippen LogP contribution in [0.5, 0.6) is 5.75 Å². The van der Waals surface area contributed by atoms with Gasteiger partial charge in [-0.2, -0.15) is 0 Å². The summed E-state index contributed by atoms with van der Waals surface area (Å²) in [7, 11) is 0. The van der Waals surface area contributed by atoms with Gasteiger partial charge in [-0.05, 0) is 24.9 Å². The Morgan fingerprint density at radius 3 is 2.80 bits per heavy atom. The fraction of sp³-hybridized carbons (Fsp3) is 0.667. The molecule has 0 radical (unpaired) electrons. The Balaban J connectivity index is 1.63. The number of benzene rings is 1. The maximum Gasteiger partial charge on any atom is 0.124 e. The Morgan fingerprint density at radius 1 is 1.15 bits per heavy atom. The van der Waals surface area contributed by atoms with Crippen molar-refractivity contribution in [3.8, 4) is 5.75 Å². The zero-order valence-corrected chi connectivity index (χ0v) is 13.0. The summed E-state index contributed by atoms with van der Waals surface area (Å²) >= 11 is 0. The molecule has 0 spiro atoms. The predicted octanol–water partition coefficient (Wildman–Crippen LogP) is 4.71. The monoisotopic (exact) mass is 275 g/mol. The number of nitrogens with one attached hydrogen (secondary N) is 1. The van der Waals surface area contributed by atoms with Crippen molar-refractivity contribution in [3.05, 3.63) is 29.8 Å². The molecular formula is C18H29NO. The maximum absolute atomic E-state index is 5.70. The summed E-state index contributed by atoms with van der Waals surface area (Å²) in [4.78, 5) is 0. The number of ether oxygens (including phenoxy) is 1. The highest BCUT2D eigenvalue weighted by Gasteiger charge is 2.19. The zero-order chi connectivity index (χ0) is 14.2. The molecule has 1 unspecified atom stereocenters. The van der Waals surface area contributed by atoms with E-state index in [1.807, 2.05) is 0 Å². The van der Waals surface area contributed by atoms with E-state index < -0.39 is 0 Å². The topological polar surface area (TPSA) is 21.3 Å². The molecular weight excluding hydrogens is 246 g/mol. The summed E-state index contributed by atoms with van der Waals surface area (Å²) < 4.78 is 5.70. The quantitative estimate of drug-likeness (QED) is 0.694. The molecule has 1 aromatic carbocycles. The molecule has 1 aliphatic heterocycles. The van der Waals surface area contributed by atoms with Crippen LogP contribution in [0.25, 0.3) is 0 Å². The van der Waals surface area contributed by atoms with Crippen molar-refractivity contribution in [2.24, 2.45) is 5.92 Å². The van der Waals surface area contributed by atoms with Crippen molar-refractivity contribution in [2.75, 3.05) is 13.2 Å². The second kappa shape index (κ2) is 8.31. The molecule has 0 amide bonds. The number of fused-ring (bicyclic) bond motifs is 1. The Morgan fingerprint density at radius 2 is 1.95 bits per heavy atom. The normalized spacial score (nSPS) is 17.9. The zero-order valence-electron chi connectivity index (χ0n) is 13.0. The van der Waals surface area contributed by atoms with Gasteiger partial charge < -0.3 is 10.1 Å². The molecule has 1 aliphatic rings. The van der Waals surface area contributed by atoms with Gasteiger partial charge in [-0.3, -0.25) is 0 Å². The van der Waals surface area contributed by atoms with Crippen LogP contribution in [0.15, 0.2) is 24.3 Å². The van der Waals surface area contributed by atoms with E-state index in [2.05, 4.69) is 43.4 Å². The average Bonchev–Trinajstić information content (AvgIpc) is 2.46. The fourth-order valence-corrected chi connectivity index (χ4v) is 2.86. The van der Waals surface area contributed by atoms with Gasteiger partial charge in [0.2, 0.25) is 0 Å². The van der Waals surface area contributed by atoms with Gasteiger partial charge in [0.05, 0.1) is 6.61 Å². The summed E-state index contributed by atoms with van der Waals surface area (Å²) in [5.74, 6) is 1.92. The minimum Gasteiger partial charge on any atom is -0.493 e. The number of rotatable bonds is 8. The van der Waals surface area contributed by atoms with Gasteiger partial charge in [-0.1, -0.05) is 57.7 Å². The van der Waals surface area contributed by atoms with Gasteiger partial charge in [-0.15, -0.1) is 0 Å². The molecule has 2 heteroatoms. The maximum atomic E-state index is 5.70. The highest BCUT2D eigenvalue weighted by atomic mass is 16.5. The highest BCUT2D eigenvalue weighted by molar-refractivity contribution is 5.37. The third-order valence-electron chi connectivity index (χ3n) is 4.06. The number of unbranched alkanes of at least 4 members (excludes halogenated alkanes) is 3. The first kappa shape index (κ1) is 15.4.